The third-order valence-corrected chi connectivity index (χ3v) is 3.08. The van der Waals surface area contributed by atoms with Crippen LogP contribution in [0.4, 0.5) is 10.5 Å². The van der Waals surface area contributed by atoms with Crippen molar-refractivity contribution in [2.75, 3.05) is 19.4 Å². The number of urea groups is 1. The smallest absolute Gasteiger partial charge is 0.321 e. The largest absolute Gasteiger partial charge is 0.331 e. The molecule has 0 saturated carbocycles. The molecule has 3 nitrogen and oxygen atoms in total. The molecular formula is C10H12Br2N2O. The Bertz CT molecular complexity index is 368. The number of halogens is 2. The molecule has 15 heavy (non-hydrogen) atoms. The third kappa shape index (κ3) is 3.21. The number of aryl methyl sites for hydroxylation is 1. The van der Waals surface area contributed by atoms with E-state index in [0.717, 1.165) is 20.2 Å². The second-order valence-electron chi connectivity index (χ2n) is 3.43. The standard InChI is InChI=1S/C10H12Br2N2O/c1-6-4-7(11)9(8(12)5-6)13-10(15)14(2)3/h4-5H,1-3H3,(H,13,15). The van der Waals surface area contributed by atoms with Crippen molar-refractivity contribution < 1.29 is 4.79 Å². The fourth-order valence-corrected chi connectivity index (χ4v) is 2.65. The normalized spacial score (nSPS) is 9.93. The number of amides is 2. The number of hydrogen-bond acceptors (Lipinski definition) is 1. The van der Waals surface area contributed by atoms with E-state index in [1.165, 1.54) is 4.90 Å². The Kier molecular flexibility index (Phi) is 4.16. The number of anilines is 1. The molecule has 1 aromatic rings. The Hall–Kier alpha value is -0.550. The summed E-state index contributed by atoms with van der Waals surface area (Å²) in [6.45, 7) is 1.99. The number of benzene rings is 1. The second-order valence-corrected chi connectivity index (χ2v) is 5.14. The van der Waals surface area contributed by atoms with Crippen LogP contribution in [0.5, 0.6) is 0 Å². The predicted octanol–water partition coefficient (Wildman–Crippen LogP) is 3.61. The minimum Gasteiger partial charge on any atom is -0.331 e. The van der Waals surface area contributed by atoms with E-state index < -0.39 is 0 Å². The highest BCUT2D eigenvalue weighted by atomic mass is 79.9. The van der Waals surface area contributed by atoms with Gasteiger partial charge in [-0.25, -0.2) is 4.79 Å². The van der Waals surface area contributed by atoms with E-state index in [2.05, 4.69) is 37.2 Å². The first kappa shape index (κ1) is 12.5. The molecule has 2 amide bonds. The monoisotopic (exact) mass is 334 g/mol. The lowest BCUT2D eigenvalue weighted by Gasteiger charge is -2.14. The topological polar surface area (TPSA) is 32.3 Å². The molecule has 1 aromatic carbocycles. The van der Waals surface area contributed by atoms with Gasteiger partial charge in [0.1, 0.15) is 0 Å². The molecule has 0 spiro atoms. The molecule has 0 bridgehead atoms. The van der Waals surface area contributed by atoms with Crippen LogP contribution in [-0.2, 0) is 0 Å². The van der Waals surface area contributed by atoms with Crippen molar-refractivity contribution in [3.05, 3.63) is 26.6 Å². The molecule has 0 unspecified atom stereocenters. The molecule has 5 heteroatoms. The molecule has 0 saturated heterocycles. The third-order valence-electron chi connectivity index (χ3n) is 1.82. The summed E-state index contributed by atoms with van der Waals surface area (Å²) in [5.41, 5.74) is 1.87. The van der Waals surface area contributed by atoms with Gasteiger partial charge in [0.15, 0.2) is 0 Å². The first-order valence-electron chi connectivity index (χ1n) is 4.35. The molecule has 0 aliphatic carbocycles. The lowest BCUT2D eigenvalue weighted by molar-refractivity contribution is 0.230. The lowest BCUT2D eigenvalue weighted by atomic mass is 10.2. The van der Waals surface area contributed by atoms with Crippen molar-refractivity contribution >= 4 is 43.6 Å². The number of carbonyl (C=O) groups excluding carboxylic acids is 1. The SMILES string of the molecule is Cc1cc(Br)c(NC(=O)N(C)C)c(Br)c1. The summed E-state index contributed by atoms with van der Waals surface area (Å²) in [7, 11) is 3.40. The number of nitrogens with one attached hydrogen (secondary N) is 1. The van der Waals surface area contributed by atoms with Gasteiger partial charge >= 0.3 is 6.03 Å². The summed E-state index contributed by atoms with van der Waals surface area (Å²) in [5.74, 6) is 0. The first-order chi connectivity index (χ1) is 6.91. The second kappa shape index (κ2) is 4.99. The van der Waals surface area contributed by atoms with Crippen molar-refractivity contribution in [1.82, 2.24) is 4.90 Å². The number of rotatable bonds is 1. The van der Waals surface area contributed by atoms with E-state index >= 15 is 0 Å². The highest BCUT2D eigenvalue weighted by molar-refractivity contribution is 9.11. The minimum atomic E-state index is -0.153. The molecular weight excluding hydrogens is 324 g/mol. The number of nitrogens with zero attached hydrogens (tertiary/aromatic N) is 1. The summed E-state index contributed by atoms with van der Waals surface area (Å²) in [5, 5.41) is 2.80. The Labute approximate surface area is 106 Å². The Morgan fingerprint density at radius 2 is 1.73 bits per heavy atom. The summed E-state index contributed by atoms with van der Waals surface area (Å²) in [4.78, 5) is 13.0. The molecule has 82 valence electrons. The molecule has 1 rings (SSSR count). The number of carbonyl (C=O) groups is 1. The van der Waals surface area contributed by atoms with Crippen molar-refractivity contribution in [3.8, 4) is 0 Å². The van der Waals surface area contributed by atoms with Gasteiger partial charge in [0.05, 0.1) is 5.69 Å². The highest BCUT2D eigenvalue weighted by Gasteiger charge is 2.10. The summed E-state index contributed by atoms with van der Waals surface area (Å²) in [6.07, 6.45) is 0. The summed E-state index contributed by atoms with van der Waals surface area (Å²) >= 11 is 6.82. The van der Waals surface area contributed by atoms with Gasteiger partial charge in [0.25, 0.3) is 0 Å². The first-order valence-corrected chi connectivity index (χ1v) is 5.94. The fourth-order valence-electron chi connectivity index (χ4n) is 1.04. The van der Waals surface area contributed by atoms with E-state index in [-0.39, 0.29) is 6.03 Å². The zero-order valence-electron chi connectivity index (χ0n) is 8.77. The van der Waals surface area contributed by atoms with Crippen molar-refractivity contribution in [1.29, 1.82) is 0 Å². The van der Waals surface area contributed by atoms with Gasteiger partial charge in [-0.2, -0.15) is 0 Å². The van der Waals surface area contributed by atoms with Gasteiger partial charge in [-0.1, -0.05) is 0 Å². The molecule has 0 atom stereocenters. The Balaban J connectivity index is 3.00. The molecule has 0 fully saturated rings. The molecule has 0 aliphatic heterocycles. The van der Waals surface area contributed by atoms with Crippen LogP contribution in [0.2, 0.25) is 0 Å². The van der Waals surface area contributed by atoms with E-state index in [4.69, 9.17) is 0 Å². The maximum Gasteiger partial charge on any atom is 0.321 e. The number of hydrogen-bond donors (Lipinski definition) is 1. The molecule has 0 heterocycles. The van der Waals surface area contributed by atoms with Gasteiger partial charge in [0.2, 0.25) is 0 Å². The van der Waals surface area contributed by atoms with Gasteiger partial charge < -0.3 is 10.2 Å². The van der Waals surface area contributed by atoms with Crippen LogP contribution in [0.1, 0.15) is 5.56 Å². The van der Waals surface area contributed by atoms with Crippen LogP contribution < -0.4 is 5.32 Å². The van der Waals surface area contributed by atoms with Crippen molar-refractivity contribution in [2.45, 2.75) is 6.92 Å². The summed E-state index contributed by atoms with van der Waals surface area (Å²) in [6, 6.07) is 3.76. The van der Waals surface area contributed by atoms with Gasteiger partial charge in [0, 0.05) is 23.0 Å². The zero-order valence-corrected chi connectivity index (χ0v) is 11.9. The zero-order chi connectivity index (χ0) is 11.6. The van der Waals surface area contributed by atoms with E-state index in [9.17, 15) is 4.79 Å². The highest BCUT2D eigenvalue weighted by Crippen LogP contribution is 2.32. The van der Waals surface area contributed by atoms with Crippen LogP contribution in [0, 0.1) is 6.92 Å². The van der Waals surface area contributed by atoms with E-state index in [1.807, 2.05) is 19.1 Å². The van der Waals surface area contributed by atoms with Crippen LogP contribution in [0.15, 0.2) is 21.1 Å². The van der Waals surface area contributed by atoms with Crippen LogP contribution in [-0.4, -0.2) is 25.0 Å². The summed E-state index contributed by atoms with van der Waals surface area (Å²) < 4.78 is 1.73. The fraction of sp³-hybridized carbons (Fsp3) is 0.300. The quantitative estimate of drug-likeness (QED) is 0.835. The van der Waals surface area contributed by atoms with Gasteiger partial charge in [-0.15, -0.1) is 0 Å². The predicted molar refractivity (Wildman–Crippen MR) is 69.3 cm³/mol. The average molecular weight is 336 g/mol. The van der Waals surface area contributed by atoms with Crippen molar-refractivity contribution in [2.24, 2.45) is 0 Å². The van der Waals surface area contributed by atoms with Gasteiger partial charge in [-0.3, -0.25) is 0 Å². The van der Waals surface area contributed by atoms with Crippen LogP contribution in [0.25, 0.3) is 0 Å². The molecule has 1 N–H and O–H groups in total. The Morgan fingerprint density at radius 3 is 2.13 bits per heavy atom. The minimum absolute atomic E-state index is 0.153. The maximum atomic E-state index is 11.5. The van der Waals surface area contributed by atoms with Crippen LogP contribution in [0.3, 0.4) is 0 Å². The lowest BCUT2D eigenvalue weighted by Crippen LogP contribution is -2.27. The van der Waals surface area contributed by atoms with Gasteiger partial charge in [-0.05, 0) is 56.5 Å². The van der Waals surface area contributed by atoms with E-state index in [0.29, 0.717) is 0 Å². The van der Waals surface area contributed by atoms with Crippen molar-refractivity contribution in [3.63, 3.8) is 0 Å². The molecule has 0 radical (unpaired) electrons. The average Bonchev–Trinajstić information content (AvgIpc) is 2.10. The molecule has 0 aromatic heterocycles. The van der Waals surface area contributed by atoms with Crippen LogP contribution >= 0.6 is 31.9 Å². The maximum absolute atomic E-state index is 11.5. The van der Waals surface area contributed by atoms with E-state index in [1.54, 1.807) is 14.1 Å². The Morgan fingerprint density at radius 1 is 1.27 bits per heavy atom. The molecule has 0 aliphatic rings.